The van der Waals surface area contributed by atoms with Gasteiger partial charge in [-0.25, -0.2) is 22.5 Å². The van der Waals surface area contributed by atoms with Crippen LogP contribution in [-0.2, 0) is 13.0 Å². The number of phenols is 1. The number of nitrogens with zero attached hydrogens (tertiary/aromatic N) is 2. The Labute approximate surface area is 126 Å². The van der Waals surface area contributed by atoms with Crippen LogP contribution in [0.15, 0.2) is 27.8 Å². The quantitative estimate of drug-likeness (QED) is 0.915. The molecule has 5 nitrogen and oxygen atoms in total. The summed E-state index contributed by atoms with van der Waals surface area (Å²) in [7, 11) is 1.03. The molecule has 0 saturated carbocycles. The zero-order valence-corrected chi connectivity index (χ0v) is 12.2. The zero-order valence-electron chi connectivity index (χ0n) is 11.4. The minimum absolute atomic E-state index is 0.317. The fraction of sp³-hybridized carbons (Fsp3) is 0.231. The smallest absolute Gasteiger partial charge is 0.335 e. The number of hydrogen-bond acceptors (Lipinski definition) is 3. The molecule has 0 aliphatic rings. The predicted octanol–water partition coefficient (Wildman–Crippen LogP) is 2.15. The molecule has 0 atom stereocenters. The van der Waals surface area contributed by atoms with Gasteiger partial charge in [-0.1, -0.05) is 11.6 Å². The molecule has 0 fully saturated rings. The summed E-state index contributed by atoms with van der Waals surface area (Å²) >= 11 is 5.51. The Kier molecular flexibility index (Phi) is 3.82. The molecule has 0 aliphatic carbocycles. The molecular formula is C13H10ClF3N2O3. The van der Waals surface area contributed by atoms with Crippen LogP contribution in [0.3, 0.4) is 0 Å². The zero-order chi connectivity index (χ0) is 16.8. The molecule has 1 heterocycles. The van der Waals surface area contributed by atoms with Crippen molar-refractivity contribution in [1.82, 2.24) is 9.13 Å². The topological polar surface area (TPSA) is 64.2 Å². The van der Waals surface area contributed by atoms with E-state index in [0.29, 0.717) is 28.2 Å². The molecule has 0 amide bonds. The Bertz CT molecular complexity index is 869. The lowest BCUT2D eigenvalue weighted by molar-refractivity contribution is 0.00825. The van der Waals surface area contributed by atoms with Crippen LogP contribution >= 0.6 is 11.6 Å². The van der Waals surface area contributed by atoms with E-state index in [1.807, 2.05) is 0 Å². The van der Waals surface area contributed by atoms with Crippen molar-refractivity contribution in [3.05, 3.63) is 55.6 Å². The molecule has 0 unspecified atom stereocenters. The van der Waals surface area contributed by atoms with Gasteiger partial charge in [-0.2, -0.15) is 0 Å². The highest BCUT2D eigenvalue weighted by Crippen LogP contribution is 2.28. The van der Waals surface area contributed by atoms with Gasteiger partial charge in [0.1, 0.15) is 11.6 Å². The van der Waals surface area contributed by atoms with E-state index in [4.69, 9.17) is 11.6 Å². The third-order valence-corrected chi connectivity index (χ3v) is 3.33. The maximum atomic E-state index is 13.9. The molecule has 0 spiro atoms. The van der Waals surface area contributed by atoms with Crippen LogP contribution in [0.2, 0.25) is 5.02 Å². The second-order valence-corrected chi connectivity index (χ2v) is 5.10. The summed E-state index contributed by atoms with van der Waals surface area (Å²) < 4.78 is 41.5. The average molecular weight is 335 g/mol. The van der Waals surface area contributed by atoms with Crippen LogP contribution in [-0.4, -0.2) is 14.2 Å². The van der Waals surface area contributed by atoms with Gasteiger partial charge in [-0.15, -0.1) is 0 Å². The molecule has 2 rings (SSSR count). The van der Waals surface area contributed by atoms with E-state index in [2.05, 4.69) is 0 Å². The third-order valence-electron chi connectivity index (χ3n) is 3.03. The second-order valence-electron chi connectivity index (χ2n) is 4.69. The van der Waals surface area contributed by atoms with Crippen molar-refractivity contribution in [1.29, 1.82) is 0 Å². The van der Waals surface area contributed by atoms with Gasteiger partial charge in [-0.3, -0.25) is 9.36 Å². The first-order valence-electron chi connectivity index (χ1n) is 5.94. The molecule has 0 aliphatic heterocycles. The molecule has 0 bridgehead atoms. The normalized spacial score (nSPS) is 11.7. The van der Waals surface area contributed by atoms with Crippen molar-refractivity contribution in [2.75, 3.05) is 0 Å². The Balaban J connectivity index is 2.85. The van der Waals surface area contributed by atoms with Gasteiger partial charge >= 0.3 is 5.69 Å². The van der Waals surface area contributed by atoms with Crippen molar-refractivity contribution >= 4 is 11.6 Å². The number of rotatable bonds is 2. The van der Waals surface area contributed by atoms with Crippen molar-refractivity contribution in [3.8, 4) is 11.4 Å². The number of aromatic hydroxyl groups is 1. The maximum absolute atomic E-state index is 13.9. The lowest BCUT2D eigenvalue weighted by Gasteiger charge is -2.16. The van der Waals surface area contributed by atoms with Crippen molar-refractivity contribution in [2.45, 2.75) is 12.8 Å². The largest absolute Gasteiger partial charge is 0.506 e. The Morgan fingerprint density at radius 3 is 2.36 bits per heavy atom. The summed E-state index contributed by atoms with van der Waals surface area (Å²) in [6.45, 7) is 0.528. The lowest BCUT2D eigenvalue weighted by atomic mass is 10.2. The summed E-state index contributed by atoms with van der Waals surface area (Å²) in [6, 6.07) is 2.01. The summed E-state index contributed by atoms with van der Waals surface area (Å²) in [4.78, 5) is 24.1. The molecule has 118 valence electrons. The molecule has 0 radical (unpaired) electrons. The van der Waals surface area contributed by atoms with Crippen molar-refractivity contribution in [3.63, 3.8) is 0 Å². The molecule has 2 aromatic rings. The second kappa shape index (κ2) is 5.20. The van der Waals surface area contributed by atoms with Gasteiger partial charge in [0.15, 0.2) is 0 Å². The summed E-state index contributed by atoms with van der Waals surface area (Å²) in [5.41, 5.74) is -3.72. The van der Waals surface area contributed by atoms with Gasteiger partial charge in [0, 0.05) is 26.1 Å². The fourth-order valence-electron chi connectivity index (χ4n) is 1.97. The highest BCUT2D eigenvalue weighted by molar-refractivity contribution is 6.32. The highest BCUT2D eigenvalue weighted by atomic mass is 35.5. The Hall–Kier alpha value is -2.22. The van der Waals surface area contributed by atoms with Crippen LogP contribution in [0, 0.1) is 5.82 Å². The number of hydrogen-bond donors (Lipinski definition) is 1. The average Bonchev–Trinajstić information content (AvgIpc) is 2.38. The summed E-state index contributed by atoms with van der Waals surface area (Å²) in [6.07, 6.45) is 0. The third kappa shape index (κ3) is 2.61. The first-order chi connectivity index (χ1) is 10.0. The Morgan fingerprint density at radius 2 is 1.82 bits per heavy atom. The minimum atomic E-state index is -3.42. The van der Waals surface area contributed by atoms with Gasteiger partial charge in [-0.05, 0) is 6.07 Å². The SMILES string of the molecule is Cn1c(C(C)(F)F)cc(=O)n(-c2cc(O)c(Cl)cc2F)c1=O. The van der Waals surface area contributed by atoms with E-state index in [9.17, 15) is 27.9 Å². The standard InChI is InChI=1S/C13H10ClF3N2O3/c1-13(16,17)10-5-11(21)19(12(22)18(10)2)8-4-9(20)6(14)3-7(8)15/h3-5,20H,1-2H3. The van der Waals surface area contributed by atoms with Crippen LogP contribution in [0.25, 0.3) is 5.69 Å². The van der Waals surface area contributed by atoms with Crippen molar-refractivity contribution < 1.29 is 18.3 Å². The predicted molar refractivity (Wildman–Crippen MR) is 73.5 cm³/mol. The van der Waals surface area contributed by atoms with Crippen molar-refractivity contribution in [2.24, 2.45) is 7.05 Å². The van der Waals surface area contributed by atoms with E-state index >= 15 is 0 Å². The molecule has 22 heavy (non-hydrogen) atoms. The Morgan fingerprint density at radius 1 is 1.23 bits per heavy atom. The van der Waals surface area contributed by atoms with Crippen LogP contribution < -0.4 is 11.2 Å². The molecular weight excluding hydrogens is 325 g/mol. The number of aromatic nitrogens is 2. The number of benzene rings is 1. The van der Waals surface area contributed by atoms with E-state index in [-0.39, 0.29) is 5.02 Å². The fourth-order valence-corrected chi connectivity index (χ4v) is 2.12. The number of alkyl halides is 2. The first kappa shape index (κ1) is 16.2. The van der Waals surface area contributed by atoms with Crippen LogP contribution in [0.5, 0.6) is 5.75 Å². The molecule has 1 aromatic heterocycles. The van der Waals surface area contributed by atoms with E-state index in [1.165, 1.54) is 0 Å². The van der Waals surface area contributed by atoms with Gasteiger partial charge < -0.3 is 5.11 Å². The van der Waals surface area contributed by atoms with Crippen LogP contribution in [0.4, 0.5) is 13.2 Å². The number of phenolic OH excluding ortho intramolecular Hbond substituents is 1. The lowest BCUT2D eigenvalue weighted by Crippen LogP contribution is -2.41. The van der Waals surface area contributed by atoms with Gasteiger partial charge in [0.2, 0.25) is 0 Å². The molecule has 9 heteroatoms. The number of halogens is 4. The van der Waals surface area contributed by atoms with Gasteiger partial charge in [0.05, 0.1) is 16.4 Å². The monoisotopic (exact) mass is 334 g/mol. The van der Waals surface area contributed by atoms with Gasteiger partial charge in [0.25, 0.3) is 11.5 Å². The van der Waals surface area contributed by atoms with Crippen LogP contribution in [0.1, 0.15) is 12.6 Å². The van der Waals surface area contributed by atoms with E-state index in [0.717, 1.165) is 13.1 Å². The molecule has 1 aromatic carbocycles. The molecule has 1 N–H and O–H groups in total. The van der Waals surface area contributed by atoms with E-state index < -0.39 is 40.1 Å². The highest BCUT2D eigenvalue weighted by Gasteiger charge is 2.29. The summed E-state index contributed by atoms with van der Waals surface area (Å²) in [5.74, 6) is -5.04. The maximum Gasteiger partial charge on any atom is 0.335 e. The first-order valence-corrected chi connectivity index (χ1v) is 6.31. The summed E-state index contributed by atoms with van der Waals surface area (Å²) in [5, 5.41) is 9.16. The molecule has 0 saturated heterocycles. The van der Waals surface area contributed by atoms with E-state index in [1.54, 1.807) is 0 Å². The minimum Gasteiger partial charge on any atom is -0.506 e.